The van der Waals surface area contributed by atoms with Crippen LogP contribution in [0.5, 0.6) is 0 Å². The number of alkyl halides is 3. The number of amides is 1. The Morgan fingerprint density at radius 3 is 2.47 bits per heavy atom. The van der Waals surface area contributed by atoms with E-state index in [0.29, 0.717) is 32.4 Å². The maximum Gasteiger partial charge on any atom is 0.401 e. The Balaban J connectivity index is 1.56. The molecule has 0 N–H and O–H groups in total. The van der Waals surface area contributed by atoms with Crippen LogP contribution >= 0.6 is 11.6 Å². The van der Waals surface area contributed by atoms with Crippen molar-refractivity contribution in [3.05, 3.63) is 23.5 Å². The standard InChI is InChI=1S/C18H24ClF3N4O3S/c19-16-15(3-1-6-23-16)30(28,29)26-9-4-14(5-10-26)17(27)25-8-2-7-24(11-12-25)13-18(20,21)22/h1,3,6,14H,2,4-5,7-13H2. The number of rotatable bonds is 4. The molecular weight excluding hydrogens is 445 g/mol. The minimum Gasteiger partial charge on any atom is -0.341 e. The Morgan fingerprint density at radius 2 is 1.83 bits per heavy atom. The summed E-state index contributed by atoms with van der Waals surface area (Å²) in [5.41, 5.74) is 0. The topological polar surface area (TPSA) is 73.8 Å². The first-order valence-corrected chi connectivity index (χ1v) is 11.6. The molecule has 7 nitrogen and oxygen atoms in total. The quantitative estimate of drug-likeness (QED) is 0.634. The average Bonchev–Trinajstić information content (AvgIpc) is 2.92. The van der Waals surface area contributed by atoms with Crippen molar-refractivity contribution in [3.8, 4) is 0 Å². The predicted octanol–water partition coefficient (Wildman–Crippen LogP) is 2.23. The lowest BCUT2D eigenvalue weighted by atomic mass is 9.96. The second-order valence-corrected chi connectivity index (χ2v) is 9.81. The average molecular weight is 469 g/mol. The van der Waals surface area contributed by atoms with Gasteiger partial charge in [0.05, 0.1) is 6.54 Å². The van der Waals surface area contributed by atoms with E-state index in [2.05, 4.69) is 4.98 Å². The van der Waals surface area contributed by atoms with E-state index in [1.807, 2.05) is 0 Å². The van der Waals surface area contributed by atoms with Crippen LogP contribution in [0.15, 0.2) is 23.2 Å². The monoisotopic (exact) mass is 468 g/mol. The molecule has 1 amide bonds. The largest absolute Gasteiger partial charge is 0.401 e. The maximum atomic E-state index is 12.9. The Labute approximate surface area is 178 Å². The highest BCUT2D eigenvalue weighted by Crippen LogP contribution is 2.28. The smallest absolute Gasteiger partial charge is 0.341 e. The molecule has 0 saturated carbocycles. The van der Waals surface area contributed by atoms with Gasteiger partial charge in [0.25, 0.3) is 0 Å². The molecule has 0 aromatic carbocycles. The summed E-state index contributed by atoms with van der Waals surface area (Å²) in [4.78, 5) is 19.5. The third-order valence-electron chi connectivity index (χ3n) is 5.45. The number of piperidine rings is 1. The lowest BCUT2D eigenvalue weighted by Crippen LogP contribution is -2.45. The van der Waals surface area contributed by atoms with Gasteiger partial charge in [0.2, 0.25) is 15.9 Å². The first-order chi connectivity index (χ1) is 14.1. The van der Waals surface area contributed by atoms with Crippen LogP contribution in [0.4, 0.5) is 13.2 Å². The van der Waals surface area contributed by atoms with Gasteiger partial charge in [-0.15, -0.1) is 0 Å². The minimum absolute atomic E-state index is 0.0614. The molecule has 0 unspecified atom stereocenters. The SMILES string of the molecule is O=C(C1CCN(S(=O)(=O)c2cccnc2Cl)CC1)N1CCCN(CC(F)(F)F)CC1. The third kappa shape index (κ3) is 5.63. The molecule has 30 heavy (non-hydrogen) atoms. The van der Waals surface area contributed by atoms with Crippen molar-refractivity contribution in [3.63, 3.8) is 0 Å². The first-order valence-electron chi connectivity index (χ1n) is 9.76. The van der Waals surface area contributed by atoms with Crippen molar-refractivity contribution in [2.75, 3.05) is 45.8 Å². The number of hydrogen-bond donors (Lipinski definition) is 0. The molecule has 2 aliphatic rings. The van der Waals surface area contributed by atoms with E-state index in [0.717, 1.165) is 0 Å². The van der Waals surface area contributed by atoms with E-state index in [1.54, 1.807) is 4.90 Å². The van der Waals surface area contributed by atoms with Crippen molar-refractivity contribution in [2.45, 2.75) is 30.3 Å². The summed E-state index contributed by atoms with van der Waals surface area (Å²) in [6.07, 6.45) is -1.65. The molecule has 3 heterocycles. The lowest BCUT2D eigenvalue weighted by Gasteiger charge is -2.33. The molecule has 1 aromatic rings. The van der Waals surface area contributed by atoms with Crippen LogP contribution in [0.2, 0.25) is 5.15 Å². The van der Waals surface area contributed by atoms with Crippen LogP contribution in [0, 0.1) is 5.92 Å². The number of halogens is 4. The molecular formula is C18H24ClF3N4O3S. The highest BCUT2D eigenvalue weighted by molar-refractivity contribution is 7.89. The van der Waals surface area contributed by atoms with E-state index in [-0.39, 0.29) is 48.1 Å². The molecule has 2 fully saturated rings. The maximum absolute atomic E-state index is 12.9. The van der Waals surface area contributed by atoms with Crippen molar-refractivity contribution >= 4 is 27.5 Å². The van der Waals surface area contributed by atoms with Crippen LogP contribution in [0.1, 0.15) is 19.3 Å². The summed E-state index contributed by atoms with van der Waals surface area (Å²) in [5, 5.41) is -0.0938. The van der Waals surface area contributed by atoms with Gasteiger partial charge in [-0.05, 0) is 31.4 Å². The number of sulfonamides is 1. The zero-order chi connectivity index (χ0) is 21.9. The number of hydrogen-bond acceptors (Lipinski definition) is 5. The molecule has 0 bridgehead atoms. The number of nitrogens with zero attached hydrogens (tertiary/aromatic N) is 4. The van der Waals surface area contributed by atoms with Crippen LogP contribution in [-0.4, -0.2) is 85.4 Å². The number of pyridine rings is 1. The van der Waals surface area contributed by atoms with Gasteiger partial charge in [0.1, 0.15) is 10.0 Å². The number of carbonyl (C=O) groups is 1. The summed E-state index contributed by atoms with van der Waals surface area (Å²) in [5.74, 6) is -0.449. The first kappa shape index (κ1) is 23.2. The highest BCUT2D eigenvalue weighted by atomic mass is 35.5. The molecule has 0 aliphatic carbocycles. The summed E-state index contributed by atoms with van der Waals surface area (Å²) < 4.78 is 64.7. The molecule has 12 heteroatoms. The summed E-state index contributed by atoms with van der Waals surface area (Å²) >= 11 is 5.92. The summed E-state index contributed by atoms with van der Waals surface area (Å²) in [6, 6.07) is 2.89. The molecule has 0 atom stereocenters. The van der Waals surface area contributed by atoms with Crippen LogP contribution < -0.4 is 0 Å². The van der Waals surface area contributed by atoms with Crippen LogP contribution in [0.3, 0.4) is 0 Å². The Kier molecular flexibility index (Phi) is 7.26. The van der Waals surface area contributed by atoms with Crippen LogP contribution in [0.25, 0.3) is 0 Å². The number of aromatic nitrogens is 1. The molecule has 2 saturated heterocycles. The minimum atomic E-state index is -4.26. The zero-order valence-electron chi connectivity index (χ0n) is 16.3. The Bertz CT molecular complexity index is 860. The number of carbonyl (C=O) groups excluding carboxylic acids is 1. The molecule has 0 radical (unpaired) electrons. The van der Waals surface area contributed by atoms with Crippen molar-refractivity contribution in [1.29, 1.82) is 0 Å². The lowest BCUT2D eigenvalue weighted by molar-refractivity contribution is -0.145. The second-order valence-electron chi connectivity index (χ2n) is 7.54. The Morgan fingerprint density at radius 1 is 1.13 bits per heavy atom. The fraction of sp³-hybridized carbons (Fsp3) is 0.667. The van der Waals surface area contributed by atoms with E-state index >= 15 is 0 Å². The van der Waals surface area contributed by atoms with Gasteiger partial charge >= 0.3 is 6.18 Å². The molecule has 0 spiro atoms. The van der Waals surface area contributed by atoms with Gasteiger partial charge in [-0.25, -0.2) is 13.4 Å². The zero-order valence-corrected chi connectivity index (χ0v) is 17.9. The van der Waals surface area contributed by atoms with Crippen molar-refractivity contribution in [2.24, 2.45) is 5.92 Å². The Hall–Kier alpha value is -1.43. The van der Waals surface area contributed by atoms with E-state index in [9.17, 15) is 26.4 Å². The van der Waals surface area contributed by atoms with Crippen molar-refractivity contribution < 1.29 is 26.4 Å². The normalized spacial score (nSPS) is 20.9. The van der Waals surface area contributed by atoms with Gasteiger partial charge in [-0.3, -0.25) is 9.69 Å². The fourth-order valence-electron chi connectivity index (χ4n) is 3.91. The van der Waals surface area contributed by atoms with Crippen LogP contribution in [-0.2, 0) is 14.8 Å². The molecule has 168 valence electrons. The van der Waals surface area contributed by atoms with Crippen molar-refractivity contribution in [1.82, 2.24) is 19.1 Å². The predicted molar refractivity (Wildman–Crippen MR) is 104 cm³/mol. The molecule has 2 aliphatic heterocycles. The van der Waals surface area contributed by atoms with E-state index < -0.39 is 22.7 Å². The van der Waals surface area contributed by atoms with Gasteiger partial charge < -0.3 is 4.90 Å². The highest BCUT2D eigenvalue weighted by Gasteiger charge is 2.36. The van der Waals surface area contributed by atoms with Gasteiger partial charge in [-0.2, -0.15) is 17.5 Å². The van der Waals surface area contributed by atoms with E-state index in [1.165, 1.54) is 27.5 Å². The summed E-state index contributed by atoms with van der Waals surface area (Å²) in [6.45, 7) is 0.526. The fourth-order valence-corrected chi connectivity index (χ4v) is 5.80. The second kappa shape index (κ2) is 9.37. The molecule has 3 rings (SSSR count). The van der Waals surface area contributed by atoms with Gasteiger partial charge in [0.15, 0.2) is 0 Å². The van der Waals surface area contributed by atoms with E-state index in [4.69, 9.17) is 11.6 Å². The van der Waals surface area contributed by atoms with Gasteiger partial charge in [0, 0.05) is 51.4 Å². The molecule has 1 aromatic heterocycles. The van der Waals surface area contributed by atoms with Gasteiger partial charge in [-0.1, -0.05) is 11.6 Å². The summed E-state index contributed by atoms with van der Waals surface area (Å²) in [7, 11) is -3.80. The third-order valence-corrected chi connectivity index (χ3v) is 7.79.